The molecule has 1 aromatic carbocycles. The van der Waals surface area contributed by atoms with E-state index < -0.39 is 6.03 Å². The summed E-state index contributed by atoms with van der Waals surface area (Å²) in [5, 5.41) is 17.5. The topological polar surface area (TPSA) is 73.4 Å². The molecule has 2 rings (SSSR count). The molecule has 118 valence electrons. The number of amides is 2. The van der Waals surface area contributed by atoms with Gasteiger partial charge in [0.1, 0.15) is 4.21 Å². The number of carbonyl (C=O) groups is 1. The first kappa shape index (κ1) is 17.2. The zero-order valence-electron chi connectivity index (χ0n) is 11.4. The predicted octanol–water partition coefficient (Wildman–Crippen LogP) is 5.02. The maximum Gasteiger partial charge on any atom is 0.323 e. The summed E-state index contributed by atoms with van der Waals surface area (Å²) < 4.78 is 3.71. The van der Waals surface area contributed by atoms with E-state index in [0.29, 0.717) is 20.6 Å². The third-order valence-electron chi connectivity index (χ3n) is 2.49. The van der Waals surface area contributed by atoms with E-state index in [1.54, 1.807) is 23.6 Å². The standard InChI is InChI=1S/C13H13Cl2N3O2S2/c1-2-16-22-12-11(19)9(6-21-12)18-13(20)17-8-5-3-4-7(14)10(8)15/h3-6,16,19H,2H2,1H3,(H2,17,18,20). The van der Waals surface area contributed by atoms with Crippen LogP contribution in [-0.4, -0.2) is 17.7 Å². The molecule has 0 saturated heterocycles. The van der Waals surface area contributed by atoms with Crippen molar-refractivity contribution in [1.29, 1.82) is 0 Å². The van der Waals surface area contributed by atoms with E-state index >= 15 is 0 Å². The number of hydrogen-bond donors (Lipinski definition) is 4. The second-order valence-corrected chi connectivity index (χ2v) is 6.89. The predicted molar refractivity (Wildman–Crippen MR) is 94.6 cm³/mol. The van der Waals surface area contributed by atoms with Crippen LogP contribution in [0.15, 0.2) is 27.8 Å². The summed E-state index contributed by atoms with van der Waals surface area (Å²) in [6, 6.07) is 4.42. The molecule has 4 N–H and O–H groups in total. The van der Waals surface area contributed by atoms with Gasteiger partial charge in [0.2, 0.25) is 0 Å². The first-order chi connectivity index (χ1) is 10.5. The second kappa shape index (κ2) is 7.94. The van der Waals surface area contributed by atoms with Crippen molar-refractivity contribution < 1.29 is 9.90 Å². The van der Waals surface area contributed by atoms with Crippen molar-refractivity contribution in [3.8, 4) is 5.75 Å². The molecular formula is C13H13Cl2N3O2S2. The Balaban J connectivity index is 2.03. The third-order valence-corrected chi connectivity index (χ3v) is 5.42. The number of carbonyl (C=O) groups excluding carboxylic acids is 1. The minimum atomic E-state index is -0.516. The fourth-order valence-electron chi connectivity index (χ4n) is 1.51. The Morgan fingerprint density at radius 2 is 2.05 bits per heavy atom. The number of thiophene rings is 1. The smallest absolute Gasteiger partial charge is 0.323 e. The molecule has 1 heterocycles. The van der Waals surface area contributed by atoms with Gasteiger partial charge < -0.3 is 15.7 Å². The van der Waals surface area contributed by atoms with Crippen molar-refractivity contribution in [1.82, 2.24) is 4.72 Å². The number of benzene rings is 1. The minimum absolute atomic E-state index is 0.0308. The van der Waals surface area contributed by atoms with E-state index in [4.69, 9.17) is 23.2 Å². The van der Waals surface area contributed by atoms with Gasteiger partial charge in [0.15, 0.2) is 5.75 Å². The molecule has 5 nitrogen and oxygen atoms in total. The molecule has 22 heavy (non-hydrogen) atoms. The van der Waals surface area contributed by atoms with Gasteiger partial charge in [0.25, 0.3) is 0 Å². The van der Waals surface area contributed by atoms with E-state index in [0.717, 1.165) is 6.54 Å². The molecule has 2 amide bonds. The van der Waals surface area contributed by atoms with Crippen molar-refractivity contribution in [3.05, 3.63) is 33.6 Å². The van der Waals surface area contributed by atoms with E-state index in [1.165, 1.54) is 23.3 Å². The zero-order chi connectivity index (χ0) is 16.1. The van der Waals surface area contributed by atoms with Crippen LogP contribution in [0.5, 0.6) is 5.75 Å². The summed E-state index contributed by atoms with van der Waals surface area (Å²) in [6.07, 6.45) is 0. The minimum Gasteiger partial charge on any atom is -0.504 e. The van der Waals surface area contributed by atoms with Gasteiger partial charge in [-0.15, -0.1) is 11.3 Å². The lowest BCUT2D eigenvalue weighted by Crippen LogP contribution is -2.19. The van der Waals surface area contributed by atoms with Crippen molar-refractivity contribution in [2.45, 2.75) is 11.1 Å². The molecule has 0 saturated carbocycles. The van der Waals surface area contributed by atoms with Gasteiger partial charge in [0.05, 0.1) is 21.4 Å². The molecule has 1 aromatic heterocycles. The van der Waals surface area contributed by atoms with Crippen LogP contribution in [-0.2, 0) is 0 Å². The summed E-state index contributed by atoms with van der Waals surface area (Å²) in [6.45, 7) is 2.72. The monoisotopic (exact) mass is 377 g/mol. The lowest BCUT2D eigenvalue weighted by atomic mass is 10.3. The Morgan fingerprint density at radius 3 is 2.77 bits per heavy atom. The Morgan fingerprint density at radius 1 is 1.32 bits per heavy atom. The number of anilines is 2. The van der Waals surface area contributed by atoms with E-state index in [2.05, 4.69) is 15.4 Å². The average Bonchev–Trinajstić information content (AvgIpc) is 2.82. The van der Waals surface area contributed by atoms with Crippen LogP contribution in [0, 0.1) is 0 Å². The molecule has 0 radical (unpaired) electrons. The fourth-order valence-corrected chi connectivity index (χ4v) is 3.47. The van der Waals surface area contributed by atoms with Crippen LogP contribution in [0.2, 0.25) is 10.0 Å². The molecule has 0 fully saturated rings. The second-order valence-electron chi connectivity index (χ2n) is 4.07. The number of nitrogens with one attached hydrogen (secondary N) is 3. The quantitative estimate of drug-likeness (QED) is 0.551. The zero-order valence-corrected chi connectivity index (χ0v) is 14.6. The van der Waals surface area contributed by atoms with Crippen LogP contribution in [0.3, 0.4) is 0 Å². The Hall–Kier alpha value is -1.12. The molecule has 2 aromatic rings. The third kappa shape index (κ3) is 4.21. The fraction of sp³-hybridized carbons (Fsp3) is 0.154. The summed E-state index contributed by atoms with van der Waals surface area (Å²) in [5.41, 5.74) is 0.727. The number of halogens is 2. The highest BCUT2D eigenvalue weighted by atomic mass is 35.5. The van der Waals surface area contributed by atoms with Gasteiger partial charge in [-0.2, -0.15) is 0 Å². The van der Waals surface area contributed by atoms with Gasteiger partial charge in [-0.3, -0.25) is 4.72 Å². The Bertz CT molecular complexity index is 679. The van der Waals surface area contributed by atoms with Crippen molar-refractivity contribution in [3.63, 3.8) is 0 Å². The van der Waals surface area contributed by atoms with Gasteiger partial charge >= 0.3 is 6.03 Å². The largest absolute Gasteiger partial charge is 0.504 e. The normalized spacial score (nSPS) is 10.5. The van der Waals surface area contributed by atoms with Gasteiger partial charge in [-0.25, -0.2) is 4.79 Å². The summed E-state index contributed by atoms with van der Waals surface area (Å²) >= 11 is 14.5. The van der Waals surface area contributed by atoms with E-state index in [9.17, 15) is 9.90 Å². The summed E-state index contributed by atoms with van der Waals surface area (Å²) in [4.78, 5) is 12.0. The van der Waals surface area contributed by atoms with Crippen LogP contribution in [0.1, 0.15) is 6.92 Å². The molecule has 0 unspecified atom stereocenters. The van der Waals surface area contributed by atoms with Crippen LogP contribution < -0.4 is 15.4 Å². The molecule has 0 atom stereocenters. The molecule has 0 spiro atoms. The highest BCUT2D eigenvalue weighted by molar-refractivity contribution is 7.99. The lowest BCUT2D eigenvalue weighted by molar-refractivity contribution is 0.262. The Labute approximate surface area is 146 Å². The van der Waals surface area contributed by atoms with Crippen molar-refractivity contribution >= 4 is 63.9 Å². The maximum atomic E-state index is 12.0. The molecule has 0 bridgehead atoms. The van der Waals surface area contributed by atoms with Crippen LogP contribution in [0.4, 0.5) is 16.2 Å². The summed E-state index contributed by atoms with van der Waals surface area (Å²) in [5.74, 6) is 0.0308. The molecule has 0 aliphatic heterocycles. The number of hydrogen-bond acceptors (Lipinski definition) is 5. The molecule has 0 aliphatic carbocycles. The molecular weight excluding hydrogens is 365 g/mol. The first-order valence-corrected chi connectivity index (χ1v) is 8.70. The molecule has 9 heteroatoms. The summed E-state index contributed by atoms with van der Waals surface area (Å²) in [7, 11) is 0. The Kier molecular flexibility index (Phi) is 6.22. The highest BCUT2D eigenvalue weighted by Crippen LogP contribution is 2.40. The van der Waals surface area contributed by atoms with E-state index in [1.807, 2.05) is 6.92 Å². The van der Waals surface area contributed by atoms with E-state index in [-0.39, 0.29) is 10.8 Å². The van der Waals surface area contributed by atoms with Crippen LogP contribution in [0.25, 0.3) is 0 Å². The van der Waals surface area contributed by atoms with Gasteiger partial charge in [-0.05, 0) is 24.1 Å². The highest BCUT2D eigenvalue weighted by Gasteiger charge is 2.14. The van der Waals surface area contributed by atoms with Crippen molar-refractivity contribution in [2.24, 2.45) is 0 Å². The number of aromatic hydroxyl groups is 1. The van der Waals surface area contributed by atoms with Gasteiger partial charge in [-0.1, -0.05) is 36.2 Å². The lowest BCUT2D eigenvalue weighted by Gasteiger charge is -2.09. The average molecular weight is 378 g/mol. The van der Waals surface area contributed by atoms with Gasteiger partial charge in [0, 0.05) is 11.9 Å². The number of rotatable bonds is 5. The molecule has 0 aliphatic rings. The van der Waals surface area contributed by atoms with Crippen molar-refractivity contribution in [2.75, 3.05) is 17.2 Å². The SMILES string of the molecule is CCNSc1scc(NC(=O)Nc2cccc(Cl)c2Cl)c1O. The maximum absolute atomic E-state index is 12.0. The first-order valence-electron chi connectivity index (χ1n) is 6.25. The number of urea groups is 1. The van der Waals surface area contributed by atoms with Crippen LogP contribution >= 0.6 is 46.5 Å².